The fourth-order valence-corrected chi connectivity index (χ4v) is 2.63. The molecule has 0 nitrogen and oxygen atoms in total. The van der Waals surface area contributed by atoms with Gasteiger partial charge >= 0.3 is 0 Å². The van der Waals surface area contributed by atoms with Gasteiger partial charge < -0.3 is 0 Å². The maximum Gasteiger partial charge on any atom is 0.00140 e. The van der Waals surface area contributed by atoms with Gasteiger partial charge in [-0.2, -0.15) is 0 Å². The van der Waals surface area contributed by atoms with Crippen molar-refractivity contribution in [3.63, 3.8) is 0 Å². The predicted molar refractivity (Wildman–Crippen MR) is 82.6 cm³/mol. The summed E-state index contributed by atoms with van der Waals surface area (Å²) in [5.41, 5.74) is 4.54. The summed E-state index contributed by atoms with van der Waals surface area (Å²) in [6.45, 7) is 13.6. The molecule has 0 aromatic rings. The average Bonchev–Trinajstić information content (AvgIpc) is 2.24. The topological polar surface area (TPSA) is 0 Å². The summed E-state index contributed by atoms with van der Waals surface area (Å²) in [4.78, 5) is 0. The van der Waals surface area contributed by atoms with Crippen LogP contribution >= 0.6 is 0 Å². The quantitative estimate of drug-likeness (QED) is 0.547. The van der Waals surface area contributed by atoms with Gasteiger partial charge in [0.2, 0.25) is 0 Å². The molecular weight excluding hydrogens is 216 g/mol. The van der Waals surface area contributed by atoms with Gasteiger partial charge in [0.1, 0.15) is 0 Å². The number of hydrogen-bond donors (Lipinski definition) is 0. The van der Waals surface area contributed by atoms with Gasteiger partial charge in [-0.25, -0.2) is 0 Å². The zero-order valence-electron chi connectivity index (χ0n) is 12.9. The van der Waals surface area contributed by atoms with Crippen molar-refractivity contribution in [1.82, 2.24) is 0 Å². The zero-order valence-corrected chi connectivity index (χ0v) is 12.9. The minimum Gasteiger partial charge on any atom is -0.0853 e. The highest BCUT2D eigenvalue weighted by Gasteiger charge is 2.17. The maximum atomic E-state index is 2.42. The third kappa shape index (κ3) is 4.33. The van der Waals surface area contributed by atoms with E-state index in [2.05, 4.69) is 71.9 Å². The first-order valence-electron chi connectivity index (χ1n) is 7.10. The van der Waals surface area contributed by atoms with E-state index in [1.807, 2.05) is 0 Å². The van der Waals surface area contributed by atoms with Crippen LogP contribution < -0.4 is 0 Å². The molecule has 1 atom stereocenters. The Morgan fingerprint density at radius 2 is 2.06 bits per heavy atom. The Bertz CT molecular complexity index is 400. The molecule has 100 valence electrons. The Hall–Kier alpha value is -1.04. The Morgan fingerprint density at radius 3 is 2.67 bits per heavy atom. The number of allylic oxidation sites excluding steroid dienone is 8. The van der Waals surface area contributed by atoms with E-state index in [9.17, 15) is 0 Å². The summed E-state index contributed by atoms with van der Waals surface area (Å²) in [6.07, 6.45) is 14.0. The standard InChI is InChI=1S/C18H28/c1-7-9-15(3)16(4)17-11-8-10-14(2)12-18(5,6)13-17/h8-9,11-13,16H,7,10H2,1-6H3. The lowest BCUT2D eigenvalue weighted by Gasteiger charge is -2.23. The molecule has 18 heavy (non-hydrogen) atoms. The predicted octanol–water partition coefficient (Wildman–Crippen LogP) is 5.84. The molecule has 0 heterocycles. The highest BCUT2D eigenvalue weighted by Crippen LogP contribution is 2.31. The maximum absolute atomic E-state index is 2.42. The van der Waals surface area contributed by atoms with Crippen LogP contribution in [0.15, 0.2) is 47.1 Å². The van der Waals surface area contributed by atoms with E-state index < -0.39 is 0 Å². The van der Waals surface area contributed by atoms with Gasteiger partial charge in [0.15, 0.2) is 0 Å². The van der Waals surface area contributed by atoms with Crippen LogP contribution in [0.2, 0.25) is 0 Å². The molecule has 1 unspecified atom stereocenters. The van der Waals surface area contributed by atoms with Gasteiger partial charge in [0.05, 0.1) is 0 Å². The highest BCUT2D eigenvalue weighted by atomic mass is 14.2. The van der Waals surface area contributed by atoms with Crippen molar-refractivity contribution >= 4 is 0 Å². The first kappa shape index (κ1) is 15.0. The molecule has 0 radical (unpaired) electrons. The minimum absolute atomic E-state index is 0.158. The van der Waals surface area contributed by atoms with Crippen LogP contribution in [0.25, 0.3) is 0 Å². The van der Waals surface area contributed by atoms with Crippen molar-refractivity contribution < 1.29 is 0 Å². The molecule has 1 aliphatic rings. The van der Waals surface area contributed by atoms with E-state index in [1.165, 1.54) is 16.7 Å². The van der Waals surface area contributed by atoms with Gasteiger partial charge in [-0.1, -0.05) is 69.2 Å². The lowest BCUT2D eigenvalue weighted by atomic mass is 9.82. The van der Waals surface area contributed by atoms with Crippen LogP contribution in [0.4, 0.5) is 0 Å². The molecule has 0 fully saturated rings. The van der Waals surface area contributed by atoms with Crippen molar-refractivity contribution in [3.8, 4) is 0 Å². The first-order chi connectivity index (χ1) is 8.35. The normalized spacial score (nSPS) is 21.8. The second-order valence-corrected chi connectivity index (χ2v) is 6.14. The van der Waals surface area contributed by atoms with Gasteiger partial charge in [-0.05, 0) is 32.3 Å². The zero-order chi connectivity index (χ0) is 13.8. The summed E-state index contributed by atoms with van der Waals surface area (Å²) in [5.74, 6) is 0.521. The summed E-state index contributed by atoms with van der Waals surface area (Å²) >= 11 is 0. The van der Waals surface area contributed by atoms with Crippen LogP contribution in [0.3, 0.4) is 0 Å². The molecule has 0 N–H and O–H groups in total. The van der Waals surface area contributed by atoms with Gasteiger partial charge in [-0.15, -0.1) is 0 Å². The van der Waals surface area contributed by atoms with Crippen LogP contribution in [-0.2, 0) is 0 Å². The molecule has 0 aromatic heterocycles. The molecule has 0 aromatic carbocycles. The van der Waals surface area contributed by atoms with Crippen molar-refractivity contribution in [2.75, 3.05) is 0 Å². The fraction of sp³-hybridized carbons (Fsp3) is 0.556. The smallest absolute Gasteiger partial charge is 0.00140 e. The van der Waals surface area contributed by atoms with Crippen LogP contribution in [0.1, 0.15) is 54.4 Å². The van der Waals surface area contributed by atoms with E-state index in [-0.39, 0.29) is 5.41 Å². The molecule has 0 aliphatic heterocycles. The molecule has 0 saturated carbocycles. The third-order valence-electron chi connectivity index (χ3n) is 3.62. The van der Waals surface area contributed by atoms with E-state index in [0.717, 1.165) is 12.8 Å². The molecule has 0 saturated heterocycles. The minimum atomic E-state index is 0.158. The third-order valence-corrected chi connectivity index (χ3v) is 3.62. The molecule has 1 aliphatic carbocycles. The summed E-state index contributed by atoms with van der Waals surface area (Å²) in [7, 11) is 0. The van der Waals surface area contributed by atoms with Crippen LogP contribution in [-0.4, -0.2) is 0 Å². The van der Waals surface area contributed by atoms with Crippen molar-refractivity contribution in [3.05, 3.63) is 47.1 Å². The largest absolute Gasteiger partial charge is 0.0853 e. The Balaban J connectivity index is 3.08. The van der Waals surface area contributed by atoms with Gasteiger partial charge in [0.25, 0.3) is 0 Å². The molecule has 0 bridgehead atoms. The van der Waals surface area contributed by atoms with Crippen LogP contribution in [0.5, 0.6) is 0 Å². The van der Waals surface area contributed by atoms with E-state index >= 15 is 0 Å². The summed E-state index contributed by atoms with van der Waals surface area (Å²) in [5, 5.41) is 0. The first-order valence-corrected chi connectivity index (χ1v) is 7.10. The van der Waals surface area contributed by atoms with Gasteiger partial charge in [0, 0.05) is 11.3 Å². The van der Waals surface area contributed by atoms with Crippen molar-refractivity contribution in [1.29, 1.82) is 0 Å². The lowest BCUT2D eigenvalue weighted by molar-refractivity contribution is 0.604. The molecule has 1 rings (SSSR count). The molecule has 0 amide bonds. The Morgan fingerprint density at radius 1 is 1.39 bits per heavy atom. The van der Waals surface area contributed by atoms with Crippen molar-refractivity contribution in [2.24, 2.45) is 11.3 Å². The SMILES string of the molecule is CCC=C(C)C(C)C1=CC(C)(C)C=C(C)CC=C1. The van der Waals surface area contributed by atoms with E-state index in [4.69, 9.17) is 0 Å². The second kappa shape index (κ2) is 6.22. The number of rotatable bonds is 3. The monoisotopic (exact) mass is 244 g/mol. The average molecular weight is 244 g/mol. The molecule has 0 spiro atoms. The van der Waals surface area contributed by atoms with E-state index in [0.29, 0.717) is 5.92 Å². The summed E-state index contributed by atoms with van der Waals surface area (Å²) in [6, 6.07) is 0. The second-order valence-electron chi connectivity index (χ2n) is 6.14. The summed E-state index contributed by atoms with van der Waals surface area (Å²) < 4.78 is 0. The van der Waals surface area contributed by atoms with Crippen LogP contribution in [0, 0.1) is 11.3 Å². The van der Waals surface area contributed by atoms with Gasteiger partial charge in [-0.3, -0.25) is 0 Å². The van der Waals surface area contributed by atoms with Crippen molar-refractivity contribution in [2.45, 2.75) is 54.4 Å². The Labute approximate surface area is 113 Å². The molecular formula is C18H28. The highest BCUT2D eigenvalue weighted by molar-refractivity contribution is 5.34. The van der Waals surface area contributed by atoms with E-state index in [1.54, 1.807) is 0 Å². The lowest BCUT2D eigenvalue weighted by Crippen LogP contribution is -2.10. The fourth-order valence-electron chi connectivity index (χ4n) is 2.63. The Kier molecular flexibility index (Phi) is 5.19. The molecule has 0 heteroatoms. The number of hydrogen-bond acceptors (Lipinski definition) is 0.